The Hall–Kier alpha value is -2.40. The van der Waals surface area contributed by atoms with Crippen LogP contribution in [0.15, 0.2) is 42.5 Å². The van der Waals surface area contributed by atoms with Crippen LogP contribution in [0.2, 0.25) is 0 Å². The first kappa shape index (κ1) is 15.0. The van der Waals surface area contributed by atoms with Gasteiger partial charge in [-0.3, -0.25) is 9.59 Å². The zero-order valence-electron chi connectivity index (χ0n) is 10.9. The van der Waals surface area contributed by atoms with Gasteiger partial charge in [-0.1, -0.05) is 12.1 Å². The number of alkyl halides is 1. The molecule has 4 nitrogen and oxygen atoms in total. The van der Waals surface area contributed by atoms with E-state index in [9.17, 15) is 14.0 Å². The SMILES string of the molecule is NC(=O)c1cc(NC(=O)c2ccc(CCl)cc2)ccc1F. The highest BCUT2D eigenvalue weighted by atomic mass is 35.5. The molecule has 6 heteroatoms. The number of carbonyl (C=O) groups is 2. The third kappa shape index (κ3) is 3.58. The molecule has 0 aliphatic heterocycles. The average Bonchev–Trinajstić information content (AvgIpc) is 2.49. The molecule has 0 radical (unpaired) electrons. The van der Waals surface area contributed by atoms with Crippen LogP contribution in [0.1, 0.15) is 26.3 Å². The molecule has 0 aromatic heterocycles. The van der Waals surface area contributed by atoms with E-state index in [1.54, 1.807) is 24.3 Å². The van der Waals surface area contributed by atoms with Crippen molar-refractivity contribution >= 4 is 29.1 Å². The van der Waals surface area contributed by atoms with Gasteiger partial charge < -0.3 is 11.1 Å². The Morgan fingerprint density at radius 2 is 1.81 bits per heavy atom. The van der Waals surface area contributed by atoms with Gasteiger partial charge in [0.1, 0.15) is 5.82 Å². The zero-order chi connectivity index (χ0) is 15.4. The normalized spacial score (nSPS) is 10.2. The third-order valence-corrected chi connectivity index (χ3v) is 3.17. The zero-order valence-corrected chi connectivity index (χ0v) is 11.7. The van der Waals surface area contributed by atoms with Gasteiger partial charge in [-0.15, -0.1) is 11.6 Å². The lowest BCUT2D eigenvalue weighted by Crippen LogP contribution is -2.16. The molecular formula is C15H12ClFN2O2. The van der Waals surface area contributed by atoms with Crippen LogP contribution in [-0.2, 0) is 5.88 Å². The van der Waals surface area contributed by atoms with Gasteiger partial charge in [-0.05, 0) is 35.9 Å². The summed E-state index contributed by atoms with van der Waals surface area (Å²) in [5, 5.41) is 2.57. The Balaban J connectivity index is 2.19. The molecule has 0 saturated heterocycles. The number of nitrogens with two attached hydrogens (primary N) is 1. The van der Waals surface area contributed by atoms with Gasteiger partial charge in [0.05, 0.1) is 5.56 Å². The number of rotatable bonds is 4. The summed E-state index contributed by atoms with van der Waals surface area (Å²) >= 11 is 5.67. The first-order chi connectivity index (χ1) is 10.0. The van der Waals surface area contributed by atoms with Crippen molar-refractivity contribution in [3.05, 3.63) is 65.0 Å². The quantitative estimate of drug-likeness (QED) is 0.852. The largest absolute Gasteiger partial charge is 0.366 e. The fourth-order valence-corrected chi connectivity index (χ4v) is 1.92. The summed E-state index contributed by atoms with van der Waals surface area (Å²) in [5.74, 6) is -1.64. The van der Waals surface area contributed by atoms with Crippen molar-refractivity contribution in [2.24, 2.45) is 5.73 Å². The lowest BCUT2D eigenvalue weighted by atomic mass is 10.1. The summed E-state index contributed by atoms with van der Waals surface area (Å²) in [6.07, 6.45) is 0. The number of carbonyl (C=O) groups excluding carboxylic acids is 2. The minimum Gasteiger partial charge on any atom is -0.366 e. The molecule has 0 heterocycles. The molecule has 0 atom stereocenters. The highest BCUT2D eigenvalue weighted by molar-refractivity contribution is 6.17. The van der Waals surface area contributed by atoms with E-state index in [1.165, 1.54) is 12.1 Å². The van der Waals surface area contributed by atoms with Gasteiger partial charge in [0.2, 0.25) is 0 Å². The Morgan fingerprint density at radius 3 is 2.38 bits per heavy atom. The van der Waals surface area contributed by atoms with Crippen LogP contribution in [0, 0.1) is 5.82 Å². The molecule has 108 valence electrons. The smallest absolute Gasteiger partial charge is 0.255 e. The first-order valence-electron chi connectivity index (χ1n) is 6.07. The number of hydrogen-bond donors (Lipinski definition) is 2. The van der Waals surface area contributed by atoms with E-state index >= 15 is 0 Å². The summed E-state index contributed by atoms with van der Waals surface area (Å²) in [6, 6.07) is 10.4. The van der Waals surface area contributed by atoms with Crippen molar-refractivity contribution in [1.82, 2.24) is 0 Å². The lowest BCUT2D eigenvalue weighted by molar-refractivity contribution is 0.0992. The van der Waals surface area contributed by atoms with E-state index in [0.717, 1.165) is 11.6 Å². The van der Waals surface area contributed by atoms with Crippen LogP contribution in [0.3, 0.4) is 0 Å². The maximum absolute atomic E-state index is 13.3. The Bertz CT molecular complexity index is 687. The predicted octanol–water partition coefficient (Wildman–Crippen LogP) is 2.92. The van der Waals surface area contributed by atoms with Crippen LogP contribution in [-0.4, -0.2) is 11.8 Å². The Morgan fingerprint density at radius 1 is 1.14 bits per heavy atom. The van der Waals surface area contributed by atoms with Crippen molar-refractivity contribution in [2.45, 2.75) is 5.88 Å². The fraction of sp³-hybridized carbons (Fsp3) is 0.0667. The minimum atomic E-state index is -0.893. The molecule has 21 heavy (non-hydrogen) atoms. The van der Waals surface area contributed by atoms with Gasteiger partial charge in [-0.25, -0.2) is 4.39 Å². The van der Waals surface area contributed by atoms with Gasteiger partial charge in [0.15, 0.2) is 0 Å². The Kier molecular flexibility index (Phi) is 4.55. The number of primary amides is 1. The van der Waals surface area contributed by atoms with Crippen LogP contribution in [0.4, 0.5) is 10.1 Å². The van der Waals surface area contributed by atoms with Crippen molar-refractivity contribution < 1.29 is 14.0 Å². The van der Waals surface area contributed by atoms with E-state index in [0.29, 0.717) is 11.4 Å². The summed E-state index contributed by atoms with van der Waals surface area (Å²) in [5.41, 5.74) is 6.39. The molecule has 0 spiro atoms. The number of anilines is 1. The van der Waals surface area contributed by atoms with Crippen molar-refractivity contribution in [3.8, 4) is 0 Å². The molecule has 0 bridgehead atoms. The molecule has 2 amide bonds. The van der Waals surface area contributed by atoms with Crippen LogP contribution >= 0.6 is 11.6 Å². The lowest BCUT2D eigenvalue weighted by Gasteiger charge is -2.07. The van der Waals surface area contributed by atoms with E-state index in [4.69, 9.17) is 17.3 Å². The average molecular weight is 307 g/mol. The van der Waals surface area contributed by atoms with Crippen LogP contribution < -0.4 is 11.1 Å². The molecule has 0 unspecified atom stereocenters. The molecule has 0 aliphatic carbocycles. The van der Waals surface area contributed by atoms with Gasteiger partial charge >= 0.3 is 0 Å². The summed E-state index contributed by atoms with van der Waals surface area (Å²) in [6.45, 7) is 0. The standard InChI is InChI=1S/C15H12ClFN2O2/c16-8-9-1-3-10(4-2-9)15(21)19-11-5-6-13(17)12(7-11)14(18)20/h1-7H,8H2,(H2,18,20)(H,19,21). The van der Waals surface area contributed by atoms with Crippen molar-refractivity contribution in [3.63, 3.8) is 0 Å². The van der Waals surface area contributed by atoms with Crippen molar-refractivity contribution in [1.29, 1.82) is 0 Å². The van der Waals surface area contributed by atoms with Crippen LogP contribution in [0.25, 0.3) is 0 Å². The molecule has 2 rings (SSSR count). The summed E-state index contributed by atoms with van der Waals surface area (Å²) in [7, 11) is 0. The number of hydrogen-bond acceptors (Lipinski definition) is 2. The highest BCUT2D eigenvalue weighted by Gasteiger charge is 2.11. The second-order valence-electron chi connectivity index (χ2n) is 4.34. The first-order valence-corrected chi connectivity index (χ1v) is 6.60. The number of halogens is 2. The molecular weight excluding hydrogens is 295 g/mol. The molecule has 0 aliphatic rings. The summed E-state index contributed by atoms with van der Waals surface area (Å²) in [4.78, 5) is 23.1. The number of nitrogens with one attached hydrogen (secondary N) is 1. The monoisotopic (exact) mass is 306 g/mol. The molecule has 3 N–H and O–H groups in total. The van der Waals surface area contributed by atoms with Crippen molar-refractivity contribution in [2.75, 3.05) is 5.32 Å². The van der Waals surface area contributed by atoms with Gasteiger partial charge in [0.25, 0.3) is 11.8 Å². The topological polar surface area (TPSA) is 72.2 Å². The second kappa shape index (κ2) is 6.37. The van der Waals surface area contributed by atoms with E-state index in [1.807, 2.05) is 0 Å². The third-order valence-electron chi connectivity index (χ3n) is 2.86. The highest BCUT2D eigenvalue weighted by Crippen LogP contribution is 2.16. The van der Waals surface area contributed by atoms with Crippen LogP contribution in [0.5, 0.6) is 0 Å². The fourth-order valence-electron chi connectivity index (χ4n) is 1.74. The Labute approximate surface area is 125 Å². The number of amides is 2. The second-order valence-corrected chi connectivity index (χ2v) is 4.61. The molecule has 2 aromatic rings. The maximum Gasteiger partial charge on any atom is 0.255 e. The maximum atomic E-state index is 13.3. The predicted molar refractivity (Wildman–Crippen MR) is 78.9 cm³/mol. The molecule has 2 aromatic carbocycles. The molecule has 0 fully saturated rings. The number of benzene rings is 2. The minimum absolute atomic E-state index is 0.273. The summed E-state index contributed by atoms with van der Waals surface area (Å²) < 4.78 is 13.3. The van der Waals surface area contributed by atoms with Gasteiger partial charge in [0, 0.05) is 17.1 Å². The van der Waals surface area contributed by atoms with Gasteiger partial charge in [-0.2, -0.15) is 0 Å². The van der Waals surface area contributed by atoms with E-state index in [-0.39, 0.29) is 17.2 Å². The molecule has 0 saturated carbocycles. The van der Waals surface area contributed by atoms with E-state index < -0.39 is 11.7 Å². The van der Waals surface area contributed by atoms with E-state index in [2.05, 4.69) is 5.32 Å².